The Labute approximate surface area is 116 Å². The predicted octanol–water partition coefficient (Wildman–Crippen LogP) is 0.749. The number of likely N-dealkylation sites (tertiary alicyclic amines) is 1. The lowest BCUT2D eigenvalue weighted by atomic mass is 9.98. The molecule has 1 heterocycles. The number of carbonyl (C=O) groups excluding carboxylic acids is 2. The molecule has 5 heteroatoms. The van der Waals surface area contributed by atoms with E-state index in [0.29, 0.717) is 18.9 Å². The Morgan fingerprint density at radius 3 is 2.63 bits per heavy atom. The highest BCUT2D eigenvalue weighted by molar-refractivity contribution is 5.88. The zero-order valence-corrected chi connectivity index (χ0v) is 12.4. The number of likely N-dealkylation sites (N-methyl/N-ethyl adjacent to an activating group) is 1. The molecule has 0 aromatic rings. The summed E-state index contributed by atoms with van der Waals surface area (Å²) < 4.78 is 0. The van der Waals surface area contributed by atoms with E-state index < -0.39 is 0 Å². The second-order valence-corrected chi connectivity index (χ2v) is 5.58. The molecule has 0 saturated carbocycles. The van der Waals surface area contributed by atoms with Crippen molar-refractivity contribution in [1.82, 2.24) is 15.5 Å². The minimum absolute atomic E-state index is 0.0146. The van der Waals surface area contributed by atoms with Gasteiger partial charge in [-0.25, -0.2) is 0 Å². The average molecular weight is 269 g/mol. The van der Waals surface area contributed by atoms with Crippen molar-refractivity contribution in [3.05, 3.63) is 0 Å². The first-order valence-corrected chi connectivity index (χ1v) is 7.28. The van der Waals surface area contributed by atoms with Crippen LogP contribution in [0.1, 0.15) is 39.5 Å². The molecular formula is C14H27N3O2. The first-order valence-electron chi connectivity index (χ1n) is 7.28. The van der Waals surface area contributed by atoms with Crippen LogP contribution in [-0.2, 0) is 9.59 Å². The largest absolute Gasteiger partial charge is 0.353 e. The smallest absolute Gasteiger partial charge is 0.242 e. The minimum Gasteiger partial charge on any atom is -0.353 e. The van der Waals surface area contributed by atoms with Crippen molar-refractivity contribution in [2.75, 3.05) is 26.7 Å². The summed E-state index contributed by atoms with van der Waals surface area (Å²) in [5.74, 6) is 0.509. The molecule has 1 saturated heterocycles. The van der Waals surface area contributed by atoms with Crippen LogP contribution in [0.25, 0.3) is 0 Å². The zero-order valence-electron chi connectivity index (χ0n) is 12.4. The van der Waals surface area contributed by atoms with Crippen molar-refractivity contribution in [2.24, 2.45) is 5.92 Å². The average Bonchev–Trinajstić information content (AvgIpc) is 2.37. The number of hydrogen-bond donors (Lipinski definition) is 2. The molecule has 1 aliphatic heterocycles. The molecule has 2 amide bonds. The van der Waals surface area contributed by atoms with Gasteiger partial charge >= 0.3 is 0 Å². The summed E-state index contributed by atoms with van der Waals surface area (Å²) in [6.45, 7) is 6.24. The van der Waals surface area contributed by atoms with Gasteiger partial charge in [0.15, 0.2) is 0 Å². The van der Waals surface area contributed by atoms with Gasteiger partial charge < -0.3 is 15.5 Å². The van der Waals surface area contributed by atoms with Crippen LogP contribution in [0, 0.1) is 5.92 Å². The van der Waals surface area contributed by atoms with Gasteiger partial charge in [0.1, 0.15) is 6.04 Å². The zero-order chi connectivity index (χ0) is 14.3. The van der Waals surface area contributed by atoms with Crippen LogP contribution in [0.4, 0.5) is 0 Å². The Balaban J connectivity index is 2.64. The highest BCUT2D eigenvalue weighted by Gasteiger charge is 2.31. The van der Waals surface area contributed by atoms with Crippen molar-refractivity contribution in [3.63, 3.8) is 0 Å². The summed E-state index contributed by atoms with van der Waals surface area (Å²) in [5.41, 5.74) is 0. The molecule has 2 N–H and O–H groups in total. The van der Waals surface area contributed by atoms with Crippen LogP contribution >= 0.6 is 0 Å². The van der Waals surface area contributed by atoms with E-state index in [0.717, 1.165) is 32.4 Å². The summed E-state index contributed by atoms with van der Waals surface area (Å²) >= 11 is 0. The highest BCUT2D eigenvalue weighted by atomic mass is 16.2. The number of carbonyl (C=O) groups is 2. The predicted molar refractivity (Wildman–Crippen MR) is 75.7 cm³/mol. The first-order chi connectivity index (χ1) is 9.06. The Morgan fingerprint density at radius 1 is 1.32 bits per heavy atom. The van der Waals surface area contributed by atoms with Crippen molar-refractivity contribution >= 4 is 11.8 Å². The number of rotatable bonds is 7. The number of amides is 2. The second-order valence-electron chi connectivity index (χ2n) is 5.58. The summed E-state index contributed by atoms with van der Waals surface area (Å²) in [4.78, 5) is 26.0. The summed E-state index contributed by atoms with van der Waals surface area (Å²) in [6.07, 6.45) is 3.27. The fourth-order valence-electron chi connectivity index (χ4n) is 2.41. The molecule has 110 valence electrons. The Morgan fingerprint density at radius 2 is 2.05 bits per heavy atom. The topological polar surface area (TPSA) is 61.4 Å². The lowest BCUT2D eigenvalue weighted by Crippen LogP contribution is -2.52. The van der Waals surface area contributed by atoms with Crippen LogP contribution in [-0.4, -0.2) is 49.4 Å². The third kappa shape index (κ3) is 5.19. The van der Waals surface area contributed by atoms with E-state index in [-0.39, 0.29) is 17.9 Å². The molecule has 0 aliphatic carbocycles. The molecule has 0 aromatic heterocycles. The fraction of sp³-hybridized carbons (Fsp3) is 0.857. The van der Waals surface area contributed by atoms with Gasteiger partial charge in [0.2, 0.25) is 11.8 Å². The Hall–Kier alpha value is -1.10. The van der Waals surface area contributed by atoms with Crippen LogP contribution in [0.3, 0.4) is 0 Å². The maximum atomic E-state index is 12.3. The number of nitrogens with zero attached hydrogens (tertiary/aromatic N) is 1. The summed E-state index contributed by atoms with van der Waals surface area (Å²) in [5, 5.41) is 5.91. The second kappa shape index (κ2) is 8.15. The van der Waals surface area contributed by atoms with Gasteiger partial charge in [0, 0.05) is 26.1 Å². The van der Waals surface area contributed by atoms with Crippen LogP contribution in [0.5, 0.6) is 0 Å². The standard InChI is InChI=1S/C14H27N3O2/c1-11(2)10-12(14(19)16-8-7-15-3)17-9-5-4-6-13(17)18/h11-12,15H,4-10H2,1-3H3,(H,16,19). The number of piperidine rings is 1. The summed E-state index contributed by atoms with van der Waals surface area (Å²) in [7, 11) is 1.85. The van der Waals surface area contributed by atoms with E-state index in [1.54, 1.807) is 4.90 Å². The van der Waals surface area contributed by atoms with Crippen molar-refractivity contribution < 1.29 is 9.59 Å². The molecule has 0 radical (unpaired) electrons. The van der Waals surface area contributed by atoms with Crippen molar-refractivity contribution in [3.8, 4) is 0 Å². The van der Waals surface area contributed by atoms with Gasteiger partial charge in [0.05, 0.1) is 0 Å². The van der Waals surface area contributed by atoms with Gasteiger partial charge in [-0.15, -0.1) is 0 Å². The van der Waals surface area contributed by atoms with E-state index in [4.69, 9.17) is 0 Å². The lowest BCUT2D eigenvalue weighted by molar-refractivity contribution is -0.143. The summed E-state index contributed by atoms with van der Waals surface area (Å²) in [6, 6.07) is -0.301. The van der Waals surface area contributed by atoms with Gasteiger partial charge in [-0.1, -0.05) is 13.8 Å². The SMILES string of the molecule is CNCCNC(=O)C(CC(C)C)N1CCCCC1=O. The van der Waals surface area contributed by atoms with Crippen LogP contribution in [0.15, 0.2) is 0 Å². The van der Waals surface area contributed by atoms with E-state index in [2.05, 4.69) is 24.5 Å². The Bertz CT molecular complexity index is 305. The van der Waals surface area contributed by atoms with Crippen LogP contribution < -0.4 is 10.6 Å². The maximum Gasteiger partial charge on any atom is 0.242 e. The molecule has 19 heavy (non-hydrogen) atoms. The number of nitrogens with one attached hydrogen (secondary N) is 2. The monoisotopic (exact) mass is 269 g/mol. The molecule has 1 fully saturated rings. The molecule has 0 spiro atoms. The van der Waals surface area contributed by atoms with E-state index in [1.165, 1.54) is 0 Å². The molecule has 1 unspecified atom stereocenters. The highest BCUT2D eigenvalue weighted by Crippen LogP contribution is 2.18. The van der Waals surface area contributed by atoms with E-state index in [9.17, 15) is 9.59 Å². The van der Waals surface area contributed by atoms with Gasteiger partial charge in [-0.05, 0) is 32.2 Å². The third-order valence-electron chi connectivity index (χ3n) is 3.41. The van der Waals surface area contributed by atoms with E-state index >= 15 is 0 Å². The maximum absolute atomic E-state index is 12.3. The quantitative estimate of drug-likeness (QED) is 0.670. The molecule has 0 aromatic carbocycles. The van der Waals surface area contributed by atoms with Gasteiger partial charge in [0.25, 0.3) is 0 Å². The third-order valence-corrected chi connectivity index (χ3v) is 3.41. The fourth-order valence-corrected chi connectivity index (χ4v) is 2.41. The van der Waals surface area contributed by atoms with Gasteiger partial charge in [-0.3, -0.25) is 9.59 Å². The van der Waals surface area contributed by atoms with Gasteiger partial charge in [-0.2, -0.15) is 0 Å². The molecule has 1 rings (SSSR count). The van der Waals surface area contributed by atoms with E-state index in [1.807, 2.05) is 7.05 Å². The first kappa shape index (κ1) is 16.0. The molecule has 1 aliphatic rings. The molecule has 1 atom stereocenters. The van der Waals surface area contributed by atoms with Crippen molar-refractivity contribution in [1.29, 1.82) is 0 Å². The molecule has 0 bridgehead atoms. The normalized spacial score (nSPS) is 17.7. The molecule has 5 nitrogen and oxygen atoms in total. The minimum atomic E-state index is -0.301. The Kier molecular flexibility index (Phi) is 6.84. The number of hydrogen-bond acceptors (Lipinski definition) is 3. The lowest BCUT2D eigenvalue weighted by Gasteiger charge is -2.34. The van der Waals surface area contributed by atoms with Crippen LogP contribution in [0.2, 0.25) is 0 Å². The van der Waals surface area contributed by atoms with Crippen molar-refractivity contribution in [2.45, 2.75) is 45.6 Å². The molecular weight excluding hydrogens is 242 g/mol.